The Balaban J connectivity index is 1.78. The third-order valence-electron chi connectivity index (χ3n) is 5.37. The summed E-state index contributed by atoms with van der Waals surface area (Å²) in [5, 5.41) is 5.33. The fourth-order valence-electron chi connectivity index (χ4n) is 3.52. The highest BCUT2D eigenvalue weighted by Gasteiger charge is 2.39. The summed E-state index contributed by atoms with van der Waals surface area (Å²) < 4.78 is 32.1. The Bertz CT molecular complexity index is 1330. The number of hydrogen-bond acceptors (Lipinski definition) is 10. The number of nitrogens with zero attached hydrogens (tertiary/aromatic N) is 4. The van der Waals surface area contributed by atoms with Gasteiger partial charge >= 0.3 is 5.97 Å². The summed E-state index contributed by atoms with van der Waals surface area (Å²) >= 11 is 0. The van der Waals surface area contributed by atoms with E-state index in [1.54, 1.807) is 43.8 Å². The van der Waals surface area contributed by atoms with Crippen LogP contribution in [-0.2, 0) is 25.4 Å². The number of aromatic nitrogens is 4. The molecule has 1 amide bonds. The lowest BCUT2D eigenvalue weighted by Gasteiger charge is -2.31. The van der Waals surface area contributed by atoms with Gasteiger partial charge in [-0.3, -0.25) is 19.2 Å². The van der Waals surface area contributed by atoms with E-state index >= 15 is 0 Å². The third kappa shape index (κ3) is 7.27. The Morgan fingerprint density at radius 1 is 1.13 bits per heavy atom. The second kappa shape index (κ2) is 11.9. The summed E-state index contributed by atoms with van der Waals surface area (Å²) in [5.74, 6) is -0.411. The molecule has 1 aromatic carbocycles. The number of anilines is 1. The van der Waals surface area contributed by atoms with Crippen LogP contribution in [0.2, 0.25) is 0 Å². The molecule has 2 heterocycles. The maximum absolute atomic E-state index is 14.0. The highest BCUT2D eigenvalue weighted by Crippen LogP contribution is 2.40. The minimum absolute atomic E-state index is 0.255. The smallest absolute Gasteiger partial charge is 0.326 e. The van der Waals surface area contributed by atoms with Crippen LogP contribution in [0.1, 0.15) is 45.0 Å². The molecule has 0 spiro atoms. The Morgan fingerprint density at radius 3 is 2.45 bits per heavy atom. The van der Waals surface area contributed by atoms with Gasteiger partial charge in [-0.25, -0.2) is 20.0 Å². The molecule has 0 bridgehead atoms. The van der Waals surface area contributed by atoms with Crippen LogP contribution in [0.3, 0.4) is 0 Å². The lowest BCUT2D eigenvalue weighted by atomic mass is 10.1. The van der Waals surface area contributed by atoms with Crippen molar-refractivity contribution in [2.24, 2.45) is 0 Å². The number of hydrogen-bond donors (Lipinski definition) is 3. The minimum Gasteiger partial charge on any atom is -0.497 e. The summed E-state index contributed by atoms with van der Waals surface area (Å²) in [6.07, 6.45) is 1.63. The zero-order chi connectivity index (χ0) is 28.1. The fourth-order valence-corrected chi connectivity index (χ4v) is 5.62. The van der Waals surface area contributed by atoms with E-state index in [0.29, 0.717) is 23.5 Å². The summed E-state index contributed by atoms with van der Waals surface area (Å²) in [5.41, 5.74) is 5.70. The SMILES string of the molecule is COc1ccc(C(=O)NP(=O)(CO[C@@H](C)Cn2cnc3c(N)ncnc32)NC(C)(C)C(=O)OC(C)C)cc1. The molecule has 1 unspecified atom stereocenters. The molecule has 2 atom stereocenters. The number of rotatable bonds is 12. The van der Waals surface area contributed by atoms with Crippen molar-refractivity contribution in [2.45, 2.75) is 58.9 Å². The van der Waals surface area contributed by atoms with Gasteiger partial charge in [0.05, 0.1) is 32.2 Å². The minimum atomic E-state index is -3.85. The van der Waals surface area contributed by atoms with Crippen molar-refractivity contribution in [3.8, 4) is 5.75 Å². The number of nitrogen functional groups attached to an aromatic ring is 1. The first kappa shape index (κ1) is 29.0. The van der Waals surface area contributed by atoms with Crippen LogP contribution in [-0.4, -0.2) is 62.6 Å². The number of nitrogens with one attached hydrogen (secondary N) is 2. The molecule has 0 saturated carbocycles. The first-order valence-electron chi connectivity index (χ1n) is 11.9. The van der Waals surface area contributed by atoms with Crippen LogP contribution in [0.4, 0.5) is 5.82 Å². The summed E-state index contributed by atoms with van der Waals surface area (Å²) in [6.45, 7) is 8.54. The maximum Gasteiger partial charge on any atom is 0.326 e. The highest BCUT2D eigenvalue weighted by atomic mass is 31.2. The number of benzene rings is 1. The standard InChI is InChI=1S/C24H34N7O6P/c1-15(2)37-23(33)24(4,5)30-38(34,29-22(32)17-7-9-18(35-6)10-8-17)14-36-16(3)11-31-13-28-19-20(25)26-12-27-21(19)31/h7-10,12-13,15-16H,11,14H2,1-6H3,(H2,25,26,27)(H2,29,30,32,34)/t16-,38?/m0/s1. The van der Waals surface area contributed by atoms with Gasteiger partial charge in [0, 0.05) is 5.56 Å². The Morgan fingerprint density at radius 2 is 1.82 bits per heavy atom. The van der Waals surface area contributed by atoms with E-state index in [4.69, 9.17) is 19.9 Å². The van der Waals surface area contributed by atoms with Crippen molar-refractivity contribution in [1.29, 1.82) is 0 Å². The Kier molecular flexibility index (Phi) is 9.08. The van der Waals surface area contributed by atoms with Crippen LogP contribution >= 0.6 is 7.44 Å². The second-order valence-electron chi connectivity index (χ2n) is 9.53. The first-order chi connectivity index (χ1) is 17.8. The number of ether oxygens (including phenoxy) is 3. The van der Waals surface area contributed by atoms with Crippen molar-refractivity contribution in [3.63, 3.8) is 0 Å². The van der Waals surface area contributed by atoms with E-state index in [-0.39, 0.29) is 17.5 Å². The van der Waals surface area contributed by atoms with Crippen LogP contribution < -0.4 is 20.6 Å². The van der Waals surface area contributed by atoms with Gasteiger partial charge in [0.1, 0.15) is 29.5 Å². The fraction of sp³-hybridized carbons (Fsp3) is 0.458. The lowest BCUT2D eigenvalue weighted by molar-refractivity contribution is -0.153. The van der Waals surface area contributed by atoms with Gasteiger partial charge in [-0.2, -0.15) is 0 Å². The molecule has 13 nitrogen and oxygen atoms in total. The van der Waals surface area contributed by atoms with Crippen molar-refractivity contribution >= 4 is 36.3 Å². The largest absolute Gasteiger partial charge is 0.497 e. The number of nitrogens with two attached hydrogens (primary N) is 1. The molecule has 0 saturated heterocycles. The van der Waals surface area contributed by atoms with E-state index in [2.05, 4.69) is 25.1 Å². The summed E-state index contributed by atoms with van der Waals surface area (Å²) in [7, 11) is -2.34. The number of carbonyl (C=O) groups is 2. The Labute approximate surface area is 220 Å². The molecule has 3 rings (SSSR count). The molecule has 0 aliphatic rings. The second-order valence-corrected chi connectivity index (χ2v) is 11.7. The summed E-state index contributed by atoms with van der Waals surface area (Å²) in [6, 6.07) is 6.30. The first-order valence-corrected chi connectivity index (χ1v) is 13.8. The van der Waals surface area contributed by atoms with E-state index in [0.717, 1.165) is 0 Å². The average molecular weight is 548 g/mol. The molecule has 0 fully saturated rings. The molecule has 4 N–H and O–H groups in total. The highest BCUT2D eigenvalue weighted by molar-refractivity contribution is 7.60. The number of esters is 1. The van der Waals surface area contributed by atoms with Crippen molar-refractivity contribution in [2.75, 3.05) is 19.2 Å². The number of methoxy groups -OCH3 is 1. The molecule has 206 valence electrons. The van der Waals surface area contributed by atoms with Crippen molar-refractivity contribution < 1.29 is 28.4 Å². The molecule has 3 aromatic rings. The zero-order valence-corrected chi connectivity index (χ0v) is 23.2. The van der Waals surface area contributed by atoms with Crippen LogP contribution in [0.15, 0.2) is 36.9 Å². The van der Waals surface area contributed by atoms with Gasteiger partial charge in [0.15, 0.2) is 11.5 Å². The number of carbonyl (C=O) groups excluding carboxylic acids is 2. The van der Waals surface area contributed by atoms with Gasteiger partial charge in [-0.15, -0.1) is 0 Å². The quantitative estimate of drug-likeness (QED) is 0.225. The van der Waals surface area contributed by atoms with E-state index in [1.807, 2.05) is 0 Å². The molecule has 0 aliphatic carbocycles. The van der Waals surface area contributed by atoms with Gasteiger partial charge < -0.3 is 24.5 Å². The number of fused-ring (bicyclic) bond motifs is 1. The number of amides is 1. The molecule has 0 radical (unpaired) electrons. The normalized spacial score (nSPS) is 14.2. The predicted octanol–water partition coefficient (Wildman–Crippen LogP) is 2.72. The third-order valence-corrected chi connectivity index (χ3v) is 7.37. The van der Waals surface area contributed by atoms with Crippen LogP contribution in [0, 0.1) is 0 Å². The molecule has 0 aliphatic heterocycles. The monoisotopic (exact) mass is 547 g/mol. The molecular weight excluding hydrogens is 513 g/mol. The molecular formula is C24H34N7O6P. The van der Waals surface area contributed by atoms with Crippen molar-refractivity contribution in [3.05, 3.63) is 42.5 Å². The van der Waals surface area contributed by atoms with Crippen LogP contribution in [0.5, 0.6) is 5.75 Å². The Hall–Kier alpha value is -3.54. The van der Waals surface area contributed by atoms with E-state index < -0.39 is 37.3 Å². The van der Waals surface area contributed by atoms with Gasteiger partial charge in [-0.05, 0) is 58.9 Å². The lowest BCUT2D eigenvalue weighted by Crippen LogP contribution is -2.49. The molecule has 2 aromatic heterocycles. The molecule has 38 heavy (non-hydrogen) atoms. The predicted molar refractivity (Wildman–Crippen MR) is 142 cm³/mol. The zero-order valence-electron chi connectivity index (χ0n) is 22.3. The van der Waals surface area contributed by atoms with Crippen LogP contribution in [0.25, 0.3) is 11.2 Å². The topological polar surface area (TPSA) is 173 Å². The van der Waals surface area contributed by atoms with Gasteiger partial charge in [0.25, 0.3) is 13.4 Å². The average Bonchev–Trinajstić information content (AvgIpc) is 3.26. The van der Waals surface area contributed by atoms with Gasteiger partial charge in [0.2, 0.25) is 0 Å². The maximum atomic E-state index is 14.0. The van der Waals surface area contributed by atoms with Crippen molar-refractivity contribution in [1.82, 2.24) is 29.7 Å². The molecule has 14 heteroatoms. The number of imidazole rings is 1. The van der Waals surface area contributed by atoms with E-state index in [1.165, 1.54) is 39.4 Å². The van der Waals surface area contributed by atoms with Gasteiger partial charge in [-0.1, -0.05) is 0 Å². The summed E-state index contributed by atoms with van der Waals surface area (Å²) in [4.78, 5) is 38.0. The van der Waals surface area contributed by atoms with E-state index in [9.17, 15) is 14.2 Å².